The number of rotatable bonds is 3. The van der Waals surface area contributed by atoms with E-state index in [0.29, 0.717) is 21.9 Å². The number of hydrogen-bond donors (Lipinski definition) is 0. The van der Waals surface area contributed by atoms with E-state index in [4.69, 9.17) is 11.6 Å². The smallest absolute Gasteiger partial charge is 0.279 e. The van der Waals surface area contributed by atoms with Gasteiger partial charge < -0.3 is 4.57 Å². The molecule has 0 saturated carbocycles. The highest BCUT2D eigenvalue weighted by Gasteiger charge is 2.10. The standard InChI is InChI=1S/C18H15ClN2OS/c1-3-10-21-16-12(2)6-4-9-15(16)23-18(21)20-17(22)13-7-5-8-14(19)11-13/h3-9,11H,1,10H2,2H3. The van der Waals surface area contributed by atoms with Gasteiger partial charge in [-0.2, -0.15) is 4.99 Å². The molecule has 23 heavy (non-hydrogen) atoms. The van der Waals surface area contributed by atoms with Crippen LogP contribution in [0.1, 0.15) is 15.9 Å². The fraction of sp³-hybridized carbons (Fsp3) is 0.111. The molecule has 2 aromatic carbocycles. The van der Waals surface area contributed by atoms with Gasteiger partial charge in [0.15, 0.2) is 4.80 Å². The fourth-order valence-corrected chi connectivity index (χ4v) is 3.77. The van der Waals surface area contributed by atoms with Crippen LogP contribution in [0.2, 0.25) is 5.02 Å². The summed E-state index contributed by atoms with van der Waals surface area (Å²) >= 11 is 7.45. The van der Waals surface area contributed by atoms with E-state index in [1.54, 1.807) is 24.3 Å². The van der Waals surface area contributed by atoms with E-state index < -0.39 is 0 Å². The van der Waals surface area contributed by atoms with Gasteiger partial charge >= 0.3 is 0 Å². The maximum Gasteiger partial charge on any atom is 0.279 e. The van der Waals surface area contributed by atoms with Gasteiger partial charge in [0, 0.05) is 17.1 Å². The number of hydrogen-bond acceptors (Lipinski definition) is 2. The van der Waals surface area contributed by atoms with Gasteiger partial charge in [-0.1, -0.05) is 47.2 Å². The first-order valence-electron chi connectivity index (χ1n) is 7.14. The Morgan fingerprint density at radius 1 is 1.35 bits per heavy atom. The van der Waals surface area contributed by atoms with Crippen LogP contribution in [0.15, 0.2) is 60.1 Å². The molecule has 0 N–H and O–H groups in total. The maximum atomic E-state index is 12.4. The van der Waals surface area contributed by atoms with Crippen LogP contribution in [-0.2, 0) is 6.54 Å². The van der Waals surface area contributed by atoms with Crippen molar-refractivity contribution in [3.05, 3.63) is 76.1 Å². The van der Waals surface area contributed by atoms with Crippen LogP contribution in [-0.4, -0.2) is 10.5 Å². The lowest BCUT2D eigenvalue weighted by atomic mass is 10.2. The SMILES string of the molecule is C=CCn1c(=NC(=O)c2cccc(Cl)c2)sc2cccc(C)c21. The minimum Gasteiger partial charge on any atom is -0.312 e. The molecule has 0 radical (unpaired) electrons. The lowest BCUT2D eigenvalue weighted by Crippen LogP contribution is -2.16. The van der Waals surface area contributed by atoms with Crippen LogP contribution in [0.3, 0.4) is 0 Å². The first-order chi connectivity index (χ1) is 11.1. The number of thiazole rings is 1. The number of amides is 1. The Bertz CT molecular complexity index is 969. The van der Waals surface area contributed by atoms with Crippen LogP contribution in [0.25, 0.3) is 10.2 Å². The lowest BCUT2D eigenvalue weighted by Gasteiger charge is -2.03. The Kier molecular flexibility index (Phi) is 4.46. The van der Waals surface area contributed by atoms with Crippen molar-refractivity contribution in [3.8, 4) is 0 Å². The van der Waals surface area contributed by atoms with Crippen molar-refractivity contribution in [1.82, 2.24) is 4.57 Å². The number of benzene rings is 2. The molecule has 1 heterocycles. The monoisotopic (exact) mass is 342 g/mol. The van der Waals surface area contributed by atoms with E-state index in [1.165, 1.54) is 11.3 Å². The zero-order valence-corrected chi connectivity index (χ0v) is 14.2. The number of para-hydroxylation sites is 1. The minimum atomic E-state index is -0.297. The number of fused-ring (bicyclic) bond motifs is 1. The lowest BCUT2D eigenvalue weighted by molar-refractivity contribution is 0.0998. The third-order valence-electron chi connectivity index (χ3n) is 3.48. The second kappa shape index (κ2) is 6.52. The summed E-state index contributed by atoms with van der Waals surface area (Å²) in [5.41, 5.74) is 2.73. The molecule has 0 fully saturated rings. The summed E-state index contributed by atoms with van der Waals surface area (Å²) in [7, 11) is 0. The molecule has 0 saturated heterocycles. The van der Waals surface area contributed by atoms with E-state index in [0.717, 1.165) is 15.8 Å². The average molecular weight is 343 g/mol. The number of carbonyl (C=O) groups excluding carboxylic acids is 1. The maximum absolute atomic E-state index is 12.4. The zero-order valence-electron chi connectivity index (χ0n) is 12.6. The van der Waals surface area contributed by atoms with Gasteiger partial charge in [-0.25, -0.2) is 0 Å². The molecule has 1 amide bonds. The van der Waals surface area contributed by atoms with Crippen LogP contribution in [0.5, 0.6) is 0 Å². The molecule has 0 unspecified atom stereocenters. The summed E-state index contributed by atoms with van der Waals surface area (Å²) in [6.07, 6.45) is 1.81. The fourth-order valence-electron chi connectivity index (χ4n) is 2.46. The molecule has 0 bridgehead atoms. The van der Waals surface area contributed by atoms with Gasteiger partial charge in [0.2, 0.25) is 0 Å². The summed E-state index contributed by atoms with van der Waals surface area (Å²) in [4.78, 5) is 17.4. The summed E-state index contributed by atoms with van der Waals surface area (Å²) in [5.74, 6) is -0.297. The second-order valence-electron chi connectivity index (χ2n) is 5.13. The number of carbonyl (C=O) groups is 1. The van der Waals surface area contributed by atoms with Crippen LogP contribution < -0.4 is 4.80 Å². The molecule has 116 valence electrons. The van der Waals surface area contributed by atoms with Crippen LogP contribution in [0.4, 0.5) is 0 Å². The molecule has 0 spiro atoms. The zero-order chi connectivity index (χ0) is 16.4. The Labute approximate surface area is 143 Å². The quantitative estimate of drug-likeness (QED) is 0.641. The van der Waals surface area contributed by atoms with Crippen molar-refractivity contribution in [2.75, 3.05) is 0 Å². The largest absolute Gasteiger partial charge is 0.312 e. The Morgan fingerprint density at radius 2 is 2.13 bits per heavy atom. The van der Waals surface area contributed by atoms with Crippen molar-refractivity contribution in [2.45, 2.75) is 13.5 Å². The van der Waals surface area contributed by atoms with Crippen molar-refractivity contribution in [3.63, 3.8) is 0 Å². The molecular formula is C18H15ClN2OS. The molecule has 3 rings (SSSR count). The molecule has 0 aliphatic carbocycles. The van der Waals surface area contributed by atoms with Crippen LogP contribution in [0, 0.1) is 6.92 Å². The molecular weight excluding hydrogens is 328 g/mol. The molecule has 0 aliphatic heterocycles. The van der Waals surface area contributed by atoms with E-state index in [9.17, 15) is 4.79 Å². The van der Waals surface area contributed by atoms with Gasteiger partial charge in [-0.15, -0.1) is 6.58 Å². The molecule has 3 aromatic rings. The Hall–Kier alpha value is -2.17. The number of halogens is 1. The molecule has 0 aliphatic rings. The Morgan fingerprint density at radius 3 is 2.87 bits per heavy atom. The second-order valence-corrected chi connectivity index (χ2v) is 6.58. The van der Waals surface area contributed by atoms with E-state index in [1.807, 2.05) is 22.8 Å². The van der Waals surface area contributed by atoms with Crippen molar-refractivity contribution < 1.29 is 4.79 Å². The summed E-state index contributed by atoms with van der Waals surface area (Å²) < 4.78 is 3.12. The van der Waals surface area contributed by atoms with Crippen molar-refractivity contribution >= 4 is 39.1 Å². The highest BCUT2D eigenvalue weighted by Crippen LogP contribution is 2.21. The van der Waals surface area contributed by atoms with Crippen molar-refractivity contribution in [2.24, 2.45) is 4.99 Å². The van der Waals surface area contributed by atoms with Gasteiger partial charge in [0.05, 0.1) is 10.2 Å². The third-order valence-corrected chi connectivity index (χ3v) is 4.76. The van der Waals surface area contributed by atoms with Crippen molar-refractivity contribution in [1.29, 1.82) is 0 Å². The predicted octanol–water partition coefficient (Wildman–Crippen LogP) is 4.59. The predicted molar refractivity (Wildman–Crippen MR) is 96.1 cm³/mol. The normalized spacial score (nSPS) is 11.8. The topological polar surface area (TPSA) is 34.4 Å². The molecule has 1 aromatic heterocycles. The molecule has 0 atom stereocenters. The number of allylic oxidation sites excluding steroid dienone is 1. The van der Waals surface area contributed by atoms with Gasteiger partial charge in [-0.05, 0) is 36.8 Å². The Balaban J connectivity index is 2.18. The highest BCUT2D eigenvalue weighted by molar-refractivity contribution is 7.16. The summed E-state index contributed by atoms with van der Waals surface area (Å²) in [5, 5.41) is 0.525. The molecule has 5 heteroatoms. The summed E-state index contributed by atoms with van der Waals surface area (Å²) in [6, 6.07) is 12.9. The number of nitrogens with zero attached hydrogens (tertiary/aromatic N) is 2. The number of aryl methyl sites for hydroxylation is 1. The van der Waals surface area contributed by atoms with Gasteiger partial charge in [0.25, 0.3) is 5.91 Å². The first-order valence-corrected chi connectivity index (χ1v) is 8.34. The minimum absolute atomic E-state index is 0.297. The average Bonchev–Trinajstić information content (AvgIpc) is 2.86. The first kappa shape index (κ1) is 15.7. The van der Waals surface area contributed by atoms with Gasteiger partial charge in [0.1, 0.15) is 0 Å². The van der Waals surface area contributed by atoms with E-state index >= 15 is 0 Å². The van der Waals surface area contributed by atoms with Gasteiger partial charge in [-0.3, -0.25) is 4.79 Å². The molecule has 3 nitrogen and oxygen atoms in total. The highest BCUT2D eigenvalue weighted by atomic mass is 35.5. The van der Waals surface area contributed by atoms with E-state index in [-0.39, 0.29) is 5.91 Å². The number of aromatic nitrogens is 1. The summed E-state index contributed by atoms with van der Waals surface area (Å²) in [6.45, 7) is 6.46. The third kappa shape index (κ3) is 3.14. The van der Waals surface area contributed by atoms with Crippen LogP contribution >= 0.6 is 22.9 Å². The van der Waals surface area contributed by atoms with E-state index in [2.05, 4.69) is 24.6 Å².